The highest BCUT2D eigenvalue weighted by Crippen LogP contribution is 2.17. The maximum atomic E-state index is 12.1. The molecular weight excluding hydrogens is 360 g/mol. The number of benzene rings is 2. The minimum Gasteiger partial charge on any atom is -0.489 e. The van der Waals surface area contributed by atoms with Crippen LogP contribution in [0, 0.1) is 5.92 Å². The number of piperidine rings is 1. The number of hydrogen-bond donors (Lipinski definition) is 2. The van der Waals surface area contributed by atoms with Crippen LogP contribution in [0.2, 0.25) is 0 Å². The van der Waals surface area contributed by atoms with Gasteiger partial charge in [0.25, 0.3) is 0 Å². The van der Waals surface area contributed by atoms with Crippen molar-refractivity contribution in [2.75, 3.05) is 13.1 Å². The normalized spacial score (nSPS) is 14.2. The van der Waals surface area contributed by atoms with E-state index in [1.807, 2.05) is 48.5 Å². The molecule has 0 radical (unpaired) electrons. The molecule has 27 heavy (non-hydrogen) atoms. The molecule has 2 N–H and O–H groups in total. The van der Waals surface area contributed by atoms with Crippen LogP contribution in [0.25, 0.3) is 0 Å². The van der Waals surface area contributed by atoms with Crippen molar-refractivity contribution in [3.8, 4) is 5.75 Å². The van der Waals surface area contributed by atoms with E-state index in [1.165, 1.54) is 12.8 Å². The SMILES string of the molecule is Cl.O=C(CCC1CCNCC1)NCc1cccc(COc2ccccc2)c1. The Hall–Kier alpha value is -2.04. The van der Waals surface area contributed by atoms with Gasteiger partial charge in [0.15, 0.2) is 0 Å². The second-order valence-electron chi connectivity index (χ2n) is 6.93. The first kappa shape index (κ1) is 21.3. The van der Waals surface area contributed by atoms with Crippen LogP contribution in [0.5, 0.6) is 5.75 Å². The fourth-order valence-electron chi connectivity index (χ4n) is 3.31. The number of ether oxygens (including phenoxy) is 1. The first-order valence-electron chi connectivity index (χ1n) is 9.53. The number of hydrogen-bond acceptors (Lipinski definition) is 3. The van der Waals surface area contributed by atoms with Crippen LogP contribution in [0.4, 0.5) is 0 Å². The van der Waals surface area contributed by atoms with E-state index in [4.69, 9.17) is 4.74 Å². The molecule has 1 fully saturated rings. The van der Waals surface area contributed by atoms with E-state index in [-0.39, 0.29) is 18.3 Å². The molecule has 0 spiro atoms. The van der Waals surface area contributed by atoms with Gasteiger partial charge in [-0.15, -0.1) is 12.4 Å². The van der Waals surface area contributed by atoms with Crippen molar-refractivity contribution >= 4 is 18.3 Å². The number of carbonyl (C=O) groups is 1. The molecule has 4 nitrogen and oxygen atoms in total. The van der Waals surface area contributed by atoms with Crippen LogP contribution in [-0.2, 0) is 17.9 Å². The van der Waals surface area contributed by atoms with Crippen molar-refractivity contribution in [1.29, 1.82) is 0 Å². The van der Waals surface area contributed by atoms with Gasteiger partial charge in [0, 0.05) is 13.0 Å². The molecule has 2 aromatic carbocycles. The van der Waals surface area contributed by atoms with E-state index in [1.54, 1.807) is 0 Å². The summed E-state index contributed by atoms with van der Waals surface area (Å²) in [5.74, 6) is 1.71. The molecule has 1 aliphatic rings. The van der Waals surface area contributed by atoms with E-state index in [0.29, 0.717) is 25.5 Å². The predicted octanol–water partition coefficient (Wildman–Crippen LogP) is 4.08. The molecule has 0 atom stereocenters. The van der Waals surface area contributed by atoms with Crippen molar-refractivity contribution in [1.82, 2.24) is 10.6 Å². The fraction of sp³-hybridized carbons (Fsp3) is 0.409. The summed E-state index contributed by atoms with van der Waals surface area (Å²) in [7, 11) is 0. The largest absolute Gasteiger partial charge is 0.489 e. The molecule has 1 heterocycles. The van der Waals surface area contributed by atoms with Crippen LogP contribution in [-0.4, -0.2) is 19.0 Å². The molecule has 2 aromatic rings. The molecule has 0 aliphatic carbocycles. The molecule has 0 aromatic heterocycles. The highest BCUT2D eigenvalue weighted by atomic mass is 35.5. The van der Waals surface area contributed by atoms with Gasteiger partial charge in [0.1, 0.15) is 12.4 Å². The lowest BCUT2D eigenvalue weighted by Gasteiger charge is -2.22. The van der Waals surface area contributed by atoms with Gasteiger partial charge in [0.05, 0.1) is 0 Å². The molecule has 146 valence electrons. The molecular formula is C22H29ClN2O2. The monoisotopic (exact) mass is 388 g/mol. The van der Waals surface area contributed by atoms with E-state index in [9.17, 15) is 4.79 Å². The number of rotatable bonds is 8. The van der Waals surface area contributed by atoms with Crippen LogP contribution >= 0.6 is 12.4 Å². The Morgan fingerprint density at radius 1 is 1.04 bits per heavy atom. The zero-order valence-electron chi connectivity index (χ0n) is 15.7. The fourth-order valence-corrected chi connectivity index (χ4v) is 3.31. The highest BCUT2D eigenvalue weighted by molar-refractivity contribution is 5.85. The maximum Gasteiger partial charge on any atom is 0.220 e. The van der Waals surface area contributed by atoms with Gasteiger partial charge in [-0.3, -0.25) is 4.79 Å². The van der Waals surface area contributed by atoms with Crippen molar-refractivity contribution < 1.29 is 9.53 Å². The van der Waals surface area contributed by atoms with Gasteiger partial charge in [-0.1, -0.05) is 42.5 Å². The van der Waals surface area contributed by atoms with Gasteiger partial charge in [-0.05, 0) is 61.5 Å². The van der Waals surface area contributed by atoms with Gasteiger partial charge in [-0.2, -0.15) is 0 Å². The third-order valence-electron chi connectivity index (χ3n) is 4.87. The third kappa shape index (κ3) is 7.61. The van der Waals surface area contributed by atoms with Crippen molar-refractivity contribution in [2.24, 2.45) is 5.92 Å². The molecule has 5 heteroatoms. The minimum atomic E-state index is 0. The Balaban J connectivity index is 0.00000261. The van der Waals surface area contributed by atoms with E-state index in [0.717, 1.165) is 36.4 Å². The molecule has 0 unspecified atom stereocenters. The molecule has 1 saturated heterocycles. The average molecular weight is 389 g/mol. The molecule has 0 bridgehead atoms. The summed E-state index contributed by atoms with van der Waals surface area (Å²) >= 11 is 0. The standard InChI is InChI=1S/C22H28N2O2.ClH/c25-22(10-9-18-11-13-23-14-12-18)24-16-19-5-4-6-20(15-19)17-26-21-7-2-1-3-8-21;/h1-8,15,18,23H,9-14,16-17H2,(H,24,25);1H. The maximum absolute atomic E-state index is 12.1. The zero-order chi connectivity index (χ0) is 18.0. The van der Waals surface area contributed by atoms with Crippen LogP contribution in [0.1, 0.15) is 36.8 Å². The Labute approximate surface area is 168 Å². The number of halogens is 1. The number of para-hydroxylation sites is 1. The van der Waals surface area contributed by atoms with Crippen molar-refractivity contribution in [3.05, 3.63) is 65.7 Å². The highest BCUT2D eigenvalue weighted by Gasteiger charge is 2.14. The van der Waals surface area contributed by atoms with Gasteiger partial charge in [-0.25, -0.2) is 0 Å². The summed E-state index contributed by atoms with van der Waals surface area (Å²) in [6, 6.07) is 18.0. The van der Waals surface area contributed by atoms with Crippen molar-refractivity contribution in [2.45, 2.75) is 38.8 Å². The number of amides is 1. The van der Waals surface area contributed by atoms with E-state index >= 15 is 0 Å². The molecule has 1 aliphatic heterocycles. The number of nitrogens with one attached hydrogen (secondary N) is 2. The second kappa shape index (κ2) is 11.6. The lowest BCUT2D eigenvalue weighted by atomic mass is 9.93. The number of carbonyl (C=O) groups excluding carboxylic acids is 1. The zero-order valence-corrected chi connectivity index (χ0v) is 16.5. The second-order valence-corrected chi connectivity index (χ2v) is 6.93. The van der Waals surface area contributed by atoms with E-state index in [2.05, 4.69) is 16.7 Å². The lowest BCUT2D eigenvalue weighted by Crippen LogP contribution is -2.29. The Morgan fingerprint density at radius 3 is 2.56 bits per heavy atom. The molecule has 3 rings (SSSR count). The molecule has 0 saturated carbocycles. The van der Waals surface area contributed by atoms with E-state index < -0.39 is 0 Å². The Morgan fingerprint density at radius 2 is 1.78 bits per heavy atom. The summed E-state index contributed by atoms with van der Waals surface area (Å²) in [6.45, 7) is 3.28. The summed E-state index contributed by atoms with van der Waals surface area (Å²) in [5.41, 5.74) is 2.21. The summed E-state index contributed by atoms with van der Waals surface area (Å²) in [4.78, 5) is 12.1. The van der Waals surface area contributed by atoms with Crippen LogP contribution < -0.4 is 15.4 Å². The van der Waals surface area contributed by atoms with Crippen LogP contribution in [0.3, 0.4) is 0 Å². The van der Waals surface area contributed by atoms with Crippen molar-refractivity contribution in [3.63, 3.8) is 0 Å². The summed E-state index contributed by atoms with van der Waals surface area (Å²) in [6.07, 6.45) is 4.01. The first-order chi connectivity index (χ1) is 12.8. The Kier molecular flexibility index (Phi) is 9.16. The Bertz CT molecular complexity index is 688. The predicted molar refractivity (Wildman–Crippen MR) is 111 cm³/mol. The van der Waals surface area contributed by atoms with Crippen LogP contribution in [0.15, 0.2) is 54.6 Å². The quantitative estimate of drug-likeness (QED) is 0.716. The van der Waals surface area contributed by atoms with Gasteiger partial charge < -0.3 is 15.4 Å². The smallest absolute Gasteiger partial charge is 0.220 e. The van der Waals surface area contributed by atoms with Gasteiger partial charge >= 0.3 is 0 Å². The molecule has 1 amide bonds. The lowest BCUT2D eigenvalue weighted by molar-refractivity contribution is -0.121. The topological polar surface area (TPSA) is 50.4 Å². The minimum absolute atomic E-state index is 0. The first-order valence-corrected chi connectivity index (χ1v) is 9.53. The van der Waals surface area contributed by atoms with Gasteiger partial charge in [0.2, 0.25) is 5.91 Å². The third-order valence-corrected chi connectivity index (χ3v) is 4.87. The summed E-state index contributed by atoms with van der Waals surface area (Å²) < 4.78 is 5.79. The summed E-state index contributed by atoms with van der Waals surface area (Å²) in [5, 5.41) is 6.41. The average Bonchev–Trinajstić information content (AvgIpc) is 2.71.